The van der Waals surface area contributed by atoms with E-state index >= 15 is 0 Å². The molecule has 0 aromatic heterocycles. The number of carbonyl (C=O) groups excluding carboxylic acids is 2. The lowest BCUT2D eigenvalue weighted by Gasteiger charge is -2.32. The fraction of sp³-hybridized carbons (Fsp3) is 0.355. The van der Waals surface area contributed by atoms with Crippen LogP contribution in [0.3, 0.4) is 0 Å². The van der Waals surface area contributed by atoms with Crippen molar-refractivity contribution in [2.75, 3.05) is 6.54 Å². The number of hydrogen-bond acceptors (Lipinski definition) is 2. The third-order valence-electron chi connectivity index (χ3n) is 6.28. The Labute approximate surface area is 224 Å². The van der Waals surface area contributed by atoms with Gasteiger partial charge in [0.25, 0.3) is 0 Å². The molecule has 190 valence electrons. The van der Waals surface area contributed by atoms with Gasteiger partial charge in [0.15, 0.2) is 0 Å². The van der Waals surface area contributed by atoms with Crippen LogP contribution >= 0.6 is 15.9 Å². The normalized spacial score (nSPS) is 11.8. The van der Waals surface area contributed by atoms with Gasteiger partial charge in [0, 0.05) is 30.4 Å². The van der Waals surface area contributed by atoms with Gasteiger partial charge in [0.2, 0.25) is 11.8 Å². The quantitative estimate of drug-likeness (QED) is 0.286. The Morgan fingerprint density at radius 1 is 0.833 bits per heavy atom. The van der Waals surface area contributed by atoms with Crippen LogP contribution in [0.5, 0.6) is 0 Å². The Morgan fingerprint density at radius 3 is 2.06 bits per heavy atom. The zero-order valence-electron chi connectivity index (χ0n) is 21.5. The molecule has 0 aliphatic rings. The van der Waals surface area contributed by atoms with Gasteiger partial charge in [-0.2, -0.15) is 0 Å². The van der Waals surface area contributed by atoms with Crippen molar-refractivity contribution < 1.29 is 9.59 Å². The van der Waals surface area contributed by atoms with Gasteiger partial charge in [-0.3, -0.25) is 9.59 Å². The second-order valence-corrected chi connectivity index (χ2v) is 10.6. The molecule has 5 heteroatoms. The lowest BCUT2D eigenvalue weighted by atomic mass is 10.0. The minimum atomic E-state index is -0.593. The first-order valence-corrected chi connectivity index (χ1v) is 13.6. The Morgan fingerprint density at radius 2 is 1.44 bits per heavy atom. The molecule has 0 bridgehead atoms. The van der Waals surface area contributed by atoms with Gasteiger partial charge >= 0.3 is 0 Å². The standard InChI is InChI=1S/C31H37BrN2O2/c1-4-24-10-12-25(13-11-24)16-19-30(35)34(22-27-14-17-28(32)18-15-27)29(31(36)33-21-23(2)3)20-26-8-6-5-7-9-26/h5-15,17-18,23,29H,4,16,19-22H2,1-3H3,(H,33,36)/t29-/m1/s1. The van der Waals surface area contributed by atoms with Crippen molar-refractivity contribution in [2.24, 2.45) is 5.92 Å². The fourth-order valence-electron chi connectivity index (χ4n) is 4.10. The van der Waals surface area contributed by atoms with Crippen LogP contribution < -0.4 is 5.32 Å². The maximum absolute atomic E-state index is 13.7. The van der Waals surface area contributed by atoms with E-state index in [-0.39, 0.29) is 11.8 Å². The van der Waals surface area contributed by atoms with E-state index < -0.39 is 6.04 Å². The summed E-state index contributed by atoms with van der Waals surface area (Å²) in [6, 6.07) is 25.7. The lowest BCUT2D eigenvalue weighted by molar-refractivity contribution is -0.141. The average molecular weight is 550 g/mol. The first-order chi connectivity index (χ1) is 17.4. The Bertz CT molecular complexity index is 1100. The van der Waals surface area contributed by atoms with E-state index in [0.29, 0.717) is 38.3 Å². The largest absolute Gasteiger partial charge is 0.354 e. The second-order valence-electron chi connectivity index (χ2n) is 9.66. The van der Waals surface area contributed by atoms with Crippen LogP contribution in [0.25, 0.3) is 0 Å². The van der Waals surface area contributed by atoms with E-state index in [2.05, 4.69) is 66.3 Å². The molecule has 1 atom stereocenters. The van der Waals surface area contributed by atoms with E-state index in [1.165, 1.54) is 5.56 Å². The van der Waals surface area contributed by atoms with Gasteiger partial charge in [-0.25, -0.2) is 0 Å². The van der Waals surface area contributed by atoms with Crippen molar-refractivity contribution in [2.45, 2.75) is 59.0 Å². The zero-order valence-corrected chi connectivity index (χ0v) is 23.1. The summed E-state index contributed by atoms with van der Waals surface area (Å²) in [6.45, 7) is 7.24. The maximum Gasteiger partial charge on any atom is 0.243 e. The fourth-order valence-corrected chi connectivity index (χ4v) is 4.36. The molecule has 36 heavy (non-hydrogen) atoms. The third-order valence-corrected chi connectivity index (χ3v) is 6.81. The topological polar surface area (TPSA) is 49.4 Å². The highest BCUT2D eigenvalue weighted by atomic mass is 79.9. The molecular weight excluding hydrogens is 512 g/mol. The second kappa shape index (κ2) is 14.0. The number of hydrogen-bond donors (Lipinski definition) is 1. The average Bonchev–Trinajstić information content (AvgIpc) is 2.89. The Balaban J connectivity index is 1.87. The Kier molecular flexibility index (Phi) is 10.7. The van der Waals surface area contributed by atoms with Crippen molar-refractivity contribution in [3.05, 3.63) is 106 Å². The summed E-state index contributed by atoms with van der Waals surface area (Å²) in [5.41, 5.74) is 4.44. The molecule has 0 aliphatic carbocycles. The molecular formula is C31H37BrN2O2. The van der Waals surface area contributed by atoms with Crippen LogP contribution in [0.4, 0.5) is 0 Å². The number of halogens is 1. The molecule has 2 amide bonds. The summed E-state index contributed by atoms with van der Waals surface area (Å²) in [4.78, 5) is 29.0. The molecule has 0 heterocycles. The van der Waals surface area contributed by atoms with Crippen molar-refractivity contribution in [1.29, 1.82) is 0 Å². The minimum Gasteiger partial charge on any atom is -0.354 e. The summed E-state index contributed by atoms with van der Waals surface area (Å²) < 4.78 is 0.982. The Hall–Kier alpha value is -2.92. The number of nitrogens with one attached hydrogen (secondary N) is 1. The molecule has 3 rings (SSSR count). The monoisotopic (exact) mass is 548 g/mol. The van der Waals surface area contributed by atoms with Crippen LogP contribution in [-0.4, -0.2) is 29.3 Å². The van der Waals surface area contributed by atoms with Gasteiger partial charge < -0.3 is 10.2 Å². The highest BCUT2D eigenvalue weighted by molar-refractivity contribution is 9.10. The predicted octanol–water partition coefficient (Wildman–Crippen LogP) is 6.36. The molecule has 0 unspecified atom stereocenters. The van der Waals surface area contributed by atoms with Gasteiger partial charge in [-0.15, -0.1) is 0 Å². The van der Waals surface area contributed by atoms with E-state index in [1.807, 2.05) is 54.6 Å². The van der Waals surface area contributed by atoms with Crippen LogP contribution in [0.2, 0.25) is 0 Å². The van der Waals surface area contributed by atoms with Crippen LogP contribution in [0.1, 0.15) is 49.4 Å². The van der Waals surface area contributed by atoms with Gasteiger partial charge in [-0.1, -0.05) is 103 Å². The van der Waals surface area contributed by atoms with Crippen molar-refractivity contribution >= 4 is 27.7 Å². The number of nitrogens with zero attached hydrogens (tertiary/aromatic N) is 1. The molecule has 0 saturated heterocycles. The van der Waals surface area contributed by atoms with Gasteiger partial charge in [0.1, 0.15) is 6.04 Å². The van der Waals surface area contributed by atoms with E-state index in [9.17, 15) is 9.59 Å². The van der Waals surface area contributed by atoms with Gasteiger partial charge in [0.05, 0.1) is 0 Å². The molecule has 0 spiro atoms. The van der Waals surface area contributed by atoms with Crippen LogP contribution in [-0.2, 0) is 35.4 Å². The number of aryl methyl sites for hydroxylation is 2. The first kappa shape index (κ1) is 27.7. The number of amides is 2. The predicted molar refractivity (Wildman–Crippen MR) is 151 cm³/mol. The van der Waals surface area contributed by atoms with Crippen LogP contribution in [0, 0.1) is 5.92 Å². The minimum absolute atomic E-state index is 0.0156. The molecule has 1 N–H and O–H groups in total. The molecule has 0 fully saturated rings. The molecule has 0 saturated carbocycles. The van der Waals surface area contributed by atoms with E-state index in [1.54, 1.807) is 4.90 Å². The number of benzene rings is 3. The summed E-state index contributed by atoms with van der Waals surface area (Å²) >= 11 is 3.49. The number of rotatable bonds is 12. The molecule has 4 nitrogen and oxygen atoms in total. The maximum atomic E-state index is 13.7. The summed E-state index contributed by atoms with van der Waals surface area (Å²) in [5.74, 6) is 0.205. The van der Waals surface area contributed by atoms with Crippen molar-refractivity contribution in [1.82, 2.24) is 10.2 Å². The highest BCUT2D eigenvalue weighted by Crippen LogP contribution is 2.19. The first-order valence-electron chi connectivity index (χ1n) is 12.8. The number of carbonyl (C=O) groups is 2. The van der Waals surface area contributed by atoms with E-state index in [4.69, 9.17) is 0 Å². The van der Waals surface area contributed by atoms with Gasteiger partial charge in [-0.05, 0) is 53.1 Å². The summed E-state index contributed by atoms with van der Waals surface area (Å²) in [6.07, 6.45) is 2.46. The SMILES string of the molecule is CCc1ccc(CCC(=O)N(Cc2ccc(Br)cc2)[C@H](Cc2ccccc2)C(=O)NCC(C)C)cc1. The molecule has 3 aromatic rings. The van der Waals surface area contributed by atoms with Crippen molar-refractivity contribution in [3.63, 3.8) is 0 Å². The summed E-state index contributed by atoms with van der Waals surface area (Å²) in [5, 5.41) is 3.08. The molecule has 3 aromatic carbocycles. The highest BCUT2D eigenvalue weighted by Gasteiger charge is 2.30. The smallest absolute Gasteiger partial charge is 0.243 e. The molecule has 0 radical (unpaired) electrons. The lowest BCUT2D eigenvalue weighted by Crippen LogP contribution is -2.51. The van der Waals surface area contributed by atoms with Crippen molar-refractivity contribution in [3.8, 4) is 0 Å². The third kappa shape index (κ3) is 8.63. The molecule has 0 aliphatic heterocycles. The zero-order chi connectivity index (χ0) is 25.9. The summed E-state index contributed by atoms with van der Waals surface area (Å²) in [7, 11) is 0. The van der Waals surface area contributed by atoms with Crippen LogP contribution in [0.15, 0.2) is 83.3 Å². The van der Waals surface area contributed by atoms with E-state index in [0.717, 1.165) is 27.6 Å².